The number of hydrogen-bond acceptors (Lipinski definition) is 7. The highest BCUT2D eigenvalue weighted by atomic mass is 35.5. The fourth-order valence-electron chi connectivity index (χ4n) is 3.09. The molecule has 150 valence electrons. The molecular formula is C19H21ClN2O6. The third-order valence-electron chi connectivity index (χ3n) is 4.31. The minimum Gasteiger partial charge on any atom is -0.466 e. The molecule has 0 fully saturated rings. The molecule has 1 unspecified atom stereocenters. The van der Waals surface area contributed by atoms with Crippen molar-refractivity contribution in [3.63, 3.8) is 0 Å². The summed E-state index contributed by atoms with van der Waals surface area (Å²) in [7, 11) is 1.23. The van der Waals surface area contributed by atoms with Crippen LogP contribution in [0.15, 0.2) is 46.8 Å². The van der Waals surface area contributed by atoms with E-state index in [2.05, 4.69) is 5.32 Å². The van der Waals surface area contributed by atoms with E-state index in [9.17, 15) is 19.7 Å². The Morgan fingerprint density at radius 3 is 2.43 bits per heavy atom. The van der Waals surface area contributed by atoms with Crippen molar-refractivity contribution in [2.75, 3.05) is 19.6 Å². The first-order chi connectivity index (χ1) is 13.3. The number of halogens is 1. The van der Waals surface area contributed by atoms with Gasteiger partial charge in [0.05, 0.1) is 35.7 Å². The summed E-state index contributed by atoms with van der Waals surface area (Å²) >= 11 is 5.63. The lowest BCUT2D eigenvalue weighted by Crippen LogP contribution is -2.32. The number of nitrogens with one attached hydrogen (secondary N) is 1. The number of benzene rings is 1. The van der Waals surface area contributed by atoms with Gasteiger partial charge in [-0.25, -0.2) is 9.59 Å². The van der Waals surface area contributed by atoms with Gasteiger partial charge in [-0.3, -0.25) is 10.1 Å². The number of carbonyl (C=O) groups excluding carboxylic acids is 2. The second-order valence-electron chi connectivity index (χ2n) is 6.16. The number of dihydropyridines is 1. The van der Waals surface area contributed by atoms with E-state index in [0.717, 1.165) is 0 Å². The molecular weight excluding hydrogens is 388 g/mol. The number of allylic oxidation sites excluding steroid dienone is 2. The Morgan fingerprint density at radius 2 is 1.86 bits per heavy atom. The molecule has 0 aromatic heterocycles. The first kappa shape index (κ1) is 21.4. The van der Waals surface area contributed by atoms with Crippen LogP contribution in [0.3, 0.4) is 0 Å². The molecule has 28 heavy (non-hydrogen) atoms. The van der Waals surface area contributed by atoms with E-state index in [1.165, 1.54) is 25.3 Å². The number of non-ortho nitro benzene ring substituents is 1. The molecule has 1 atom stereocenters. The van der Waals surface area contributed by atoms with Crippen LogP contribution in [-0.2, 0) is 19.1 Å². The Kier molecular flexibility index (Phi) is 7.17. The molecule has 1 aliphatic heterocycles. The average Bonchev–Trinajstić information content (AvgIpc) is 2.67. The zero-order chi connectivity index (χ0) is 20.8. The summed E-state index contributed by atoms with van der Waals surface area (Å²) in [5.41, 5.74) is 1.65. The predicted octanol–water partition coefficient (Wildman–Crippen LogP) is 3.17. The van der Waals surface area contributed by atoms with Gasteiger partial charge >= 0.3 is 11.9 Å². The second kappa shape index (κ2) is 9.36. The largest absolute Gasteiger partial charge is 0.466 e. The molecule has 1 aromatic rings. The normalized spacial score (nSPS) is 16.5. The maximum Gasteiger partial charge on any atom is 0.336 e. The third-order valence-corrected chi connectivity index (χ3v) is 4.58. The number of rotatable bonds is 7. The second-order valence-corrected chi connectivity index (χ2v) is 6.54. The zero-order valence-electron chi connectivity index (χ0n) is 15.8. The van der Waals surface area contributed by atoms with Crippen molar-refractivity contribution in [3.8, 4) is 0 Å². The standard InChI is InChI=1S/C19H21ClN2O6/c1-11-15(18(23)27-3)17(13-6-4-7-14(10-13)22(25)26)16(12(2)21-11)19(24)28-9-5-8-20/h4,6-7,10,17,21H,5,8-9H2,1-3H3. The van der Waals surface area contributed by atoms with Gasteiger partial charge in [0.1, 0.15) is 0 Å². The molecule has 0 radical (unpaired) electrons. The monoisotopic (exact) mass is 408 g/mol. The van der Waals surface area contributed by atoms with Crippen molar-refractivity contribution < 1.29 is 24.0 Å². The predicted molar refractivity (Wildman–Crippen MR) is 103 cm³/mol. The molecule has 0 aliphatic carbocycles. The smallest absolute Gasteiger partial charge is 0.336 e. The van der Waals surface area contributed by atoms with Gasteiger partial charge < -0.3 is 14.8 Å². The third kappa shape index (κ3) is 4.51. The number of carbonyl (C=O) groups is 2. The summed E-state index contributed by atoms with van der Waals surface area (Å²) in [6, 6.07) is 5.81. The maximum absolute atomic E-state index is 12.8. The van der Waals surface area contributed by atoms with Crippen LogP contribution >= 0.6 is 11.6 Å². The van der Waals surface area contributed by atoms with Crippen LogP contribution in [-0.4, -0.2) is 36.5 Å². The van der Waals surface area contributed by atoms with Crippen molar-refractivity contribution in [1.29, 1.82) is 0 Å². The number of alkyl halides is 1. The molecule has 0 amide bonds. The van der Waals surface area contributed by atoms with Crippen LogP contribution in [0.4, 0.5) is 5.69 Å². The van der Waals surface area contributed by atoms with Gasteiger partial charge in [0, 0.05) is 29.4 Å². The lowest BCUT2D eigenvalue weighted by Gasteiger charge is -2.30. The van der Waals surface area contributed by atoms with Gasteiger partial charge in [-0.1, -0.05) is 12.1 Å². The summed E-state index contributed by atoms with van der Waals surface area (Å²) in [5, 5.41) is 14.2. The molecule has 1 aliphatic rings. The summed E-state index contributed by atoms with van der Waals surface area (Å²) < 4.78 is 10.2. The van der Waals surface area contributed by atoms with Crippen LogP contribution in [0, 0.1) is 10.1 Å². The van der Waals surface area contributed by atoms with Crippen LogP contribution < -0.4 is 5.32 Å². The maximum atomic E-state index is 12.8. The molecule has 0 saturated heterocycles. The Balaban J connectivity index is 2.60. The highest BCUT2D eigenvalue weighted by Gasteiger charge is 2.38. The first-order valence-electron chi connectivity index (χ1n) is 8.56. The van der Waals surface area contributed by atoms with Crippen molar-refractivity contribution in [3.05, 3.63) is 62.5 Å². The highest BCUT2D eigenvalue weighted by molar-refractivity contribution is 6.17. The SMILES string of the molecule is COC(=O)C1=C(C)NC(C)=C(C(=O)OCCCCl)C1c1cccc([N+](=O)[O-])c1. The number of nitro benzene ring substituents is 1. The van der Waals surface area contributed by atoms with Gasteiger partial charge in [-0.15, -0.1) is 11.6 Å². The summed E-state index contributed by atoms with van der Waals surface area (Å²) in [4.78, 5) is 35.9. The first-order valence-corrected chi connectivity index (χ1v) is 9.09. The molecule has 0 saturated carbocycles. The Labute approximate surface area is 167 Å². The summed E-state index contributed by atoms with van der Waals surface area (Å²) in [5.74, 6) is -1.79. The van der Waals surface area contributed by atoms with E-state index in [0.29, 0.717) is 29.3 Å². The van der Waals surface area contributed by atoms with Crippen molar-refractivity contribution >= 4 is 29.2 Å². The summed E-state index contributed by atoms with van der Waals surface area (Å²) in [6.07, 6.45) is 0.479. The highest BCUT2D eigenvalue weighted by Crippen LogP contribution is 2.40. The van der Waals surface area contributed by atoms with E-state index >= 15 is 0 Å². The van der Waals surface area contributed by atoms with Crippen molar-refractivity contribution in [2.24, 2.45) is 0 Å². The van der Waals surface area contributed by atoms with E-state index in [-0.39, 0.29) is 23.4 Å². The molecule has 1 N–H and O–H groups in total. The fraction of sp³-hybridized carbons (Fsp3) is 0.368. The molecule has 2 rings (SSSR count). The lowest BCUT2D eigenvalue weighted by atomic mass is 9.80. The van der Waals surface area contributed by atoms with Gasteiger partial charge in [0.25, 0.3) is 5.69 Å². The quantitative estimate of drug-likeness (QED) is 0.242. The molecule has 1 aromatic carbocycles. The fourth-order valence-corrected chi connectivity index (χ4v) is 3.20. The number of hydrogen-bond donors (Lipinski definition) is 1. The summed E-state index contributed by atoms with van der Waals surface area (Å²) in [6.45, 7) is 3.48. The van der Waals surface area contributed by atoms with E-state index in [4.69, 9.17) is 21.1 Å². The molecule has 0 spiro atoms. The minimum atomic E-state index is -0.864. The van der Waals surface area contributed by atoms with Gasteiger partial charge in [-0.05, 0) is 25.8 Å². The van der Waals surface area contributed by atoms with Crippen LogP contribution in [0.5, 0.6) is 0 Å². The number of esters is 2. The Morgan fingerprint density at radius 1 is 1.21 bits per heavy atom. The zero-order valence-corrected chi connectivity index (χ0v) is 16.5. The number of methoxy groups -OCH3 is 1. The minimum absolute atomic E-state index is 0.122. The van der Waals surface area contributed by atoms with Gasteiger partial charge in [0.2, 0.25) is 0 Å². The van der Waals surface area contributed by atoms with Crippen LogP contribution in [0.1, 0.15) is 31.7 Å². The van der Waals surface area contributed by atoms with Gasteiger partial charge in [-0.2, -0.15) is 0 Å². The number of nitrogens with zero attached hydrogens (tertiary/aromatic N) is 1. The van der Waals surface area contributed by atoms with Gasteiger partial charge in [0.15, 0.2) is 0 Å². The van der Waals surface area contributed by atoms with Crippen LogP contribution in [0.2, 0.25) is 0 Å². The average molecular weight is 409 g/mol. The molecule has 0 bridgehead atoms. The van der Waals surface area contributed by atoms with Crippen molar-refractivity contribution in [2.45, 2.75) is 26.2 Å². The molecule has 9 heteroatoms. The van der Waals surface area contributed by atoms with E-state index in [1.807, 2.05) is 0 Å². The Bertz CT molecular complexity index is 862. The molecule has 8 nitrogen and oxygen atoms in total. The molecule has 1 heterocycles. The van der Waals surface area contributed by atoms with Crippen molar-refractivity contribution in [1.82, 2.24) is 5.32 Å². The van der Waals surface area contributed by atoms with E-state index in [1.54, 1.807) is 19.9 Å². The lowest BCUT2D eigenvalue weighted by molar-refractivity contribution is -0.384. The Hall–Kier alpha value is -2.87. The van der Waals surface area contributed by atoms with Crippen LogP contribution in [0.25, 0.3) is 0 Å². The number of nitro groups is 1. The van der Waals surface area contributed by atoms with E-state index < -0.39 is 22.8 Å². The topological polar surface area (TPSA) is 108 Å². The number of ether oxygens (including phenoxy) is 2.